The van der Waals surface area contributed by atoms with Crippen molar-refractivity contribution >= 4 is 17.5 Å². The van der Waals surface area contributed by atoms with Crippen LogP contribution in [0.4, 0.5) is 0 Å². The summed E-state index contributed by atoms with van der Waals surface area (Å²) in [5.41, 5.74) is -2.28. The van der Waals surface area contributed by atoms with Crippen molar-refractivity contribution in [1.82, 2.24) is 0 Å². The highest BCUT2D eigenvalue weighted by Crippen LogP contribution is 2.21. The van der Waals surface area contributed by atoms with Gasteiger partial charge < -0.3 is 10.2 Å². The zero-order chi connectivity index (χ0) is 13.8. The molecule has 0 spiro atoms. The predicted octanol–water partition coefficient (Wildman–Crippen LogP) is 1.67. The van der Waals surface area contributed by atoms with Crippen LogP contribution in [0.5, 0.6) is 0 Å². The summed E-state index contributed by atoms with van der Waals surface area (Å²) in [6.07, 6.45) is -1.06. The van der Waals surface area contributed by atoms with E-state index in [4.69, 9.17) is 5.11 Å². The number of rotatable bonds is 7. The summed E-state index contributed by atoms with van der Waals surface area (Å²) in [5, 5.41) is 18.8. The Kier molecular flexibility index (Phi) is 7.71. The fourth-order valence-electron chi connectivity index (χ4n) is 1.20. The highest BCUT2D eigenvalue weighted by atomic mass is 16.4. The lowest BCUT2D eigenvalue weighted by atomic mass is 9.86. The van der Waals surface area contributed by atoms with Gasteiger partial charge in [-0.1, -0.05) is 35.1 Å². The van der Waals surface area contributed by atoms with Gasteiger partial charge in [-0.15, -0.1) is 0 Å². The van der Waals surface area contributed by atoms with Gasteiger partial charge in [-0.2, -0.15) is 0 Å². The normalized spacial score (nSPS) is 11.3. The summed E-state index contributed by atoms with van der Waals surface area (Å²) in [5.74, 6) is -3.00. The summed E-state index contributed by atoms with van der Waals surface area (Å²) in [7, 11) is 0. The number of Topliss-reactive ketones (excluding diaryl/α,β-unsaturated/α-hetero) is 2. The van der Waals surface area contributed by atoms with E-state index in [1.165, 1.54) is 0 Å². The Morgan fingerprint density at radius 1 is 0.944 bits per heavy atom. The van der Waals surface area contributed by atoms with Crippen LogP contribution < -0.4 is 0 Å². The van der Waals surface area contributed by atoms with Gasteiger partial charge in [-0.3, -0.25) is 9.59 Å². The lowest BCUT2D eigenvalue weighted by molar-refractivity contribution is -0.164. The lowest BCUT2D eigenvalue weighted by Crippen LogP contribution is -2.44. The van der Waals surface area contributed by atoms with Crippen molar-refractivity contribution in [3.8, 4) is 0 Å². The molecule has 5 nitrogen and oxygen atoms in total. The largest absolute Gasteiger partial charge is 0.479 e. The molecule has 0 saturated carbocycles. The van der Waals surface area contributed by atoms with E-state index < -0.39 is 24.4 Å². The molecule has 0 fully saturated rings. The monoisotopic (exact) mass is 260 g/mol. The van der Waals surface area contributed by atoms with Crippen molar-refractivity contribution in [3.63, 3.8) is 0 Å². The van der Waals surface area contributed by atoms with Crippen LogP contribution in [0.1, 0.15) is 48.0 Å². The van der Waals surface area contributed by atoms with Crippen LogP contribution in [-0.4, -0.2) is 33.3 Å². The minimum atomic E-state index is -2.28. The highest BCUT2D eigenvalue weighted by Gasteiger charge is 2.41. The molecule has 0 unspecified atom stereocenters. The molecule has 0 aliphatic carbocycles. The molecule has 2 N–H and O–H groups in total. The minimum Gasteiger partial charge on any atom is -0.479 e. The first kappa shape index (κ1) is 19.1. The first-order valence-corrected chi connectivity index (χ1v) is 5.61. The van der Waals surface area contributed by atoms with Gasteiger partial charge in [0.2, 0.25) is 0 Å². The second kappa shape index (κ2) is 7.26. The molecule has 0 heterocycles. The molecular weight excluding hydrogens is 236 g/mol. The quantitative estimate of drug-likeness (QED) is 0.726. The molecule has 0 bridgehead atoms. The molecule has 0 saturated heterocycles. The number of aliphatic hydroxyl groups is 1. The maximum absolute atomic E-state index is 11.5. The van der Waals surface area contributed by atoms with Crippen molar-refractivity contribution in [2.45, 2.75) is 53.6 Å². The average Bonchev–Trinajstić information content (AvgIpc) is 2.16. The van der Waals surface area contributed by atoms with Gasteiger partial charge in [0.25, 0.3) is 0 Å². The van der Waals surface area contributed by atoms with Gasteiger partial charge in [0.1, 0.15) is 11.6 Å². The molecule has 0 aliphatic rings. The number of hydrogen-bond acceptors (Lipinski definition) is 4. The topological polar surface area (TPSA) is 91.7 Å². The molecule has 106 valence electrons. The fraction of sp³-hybridized carbons (Fsp3) is 0.769. The maximum atomic E-state index is 11.5. The number of carbonyl (C=O) groups excluding carboxylic acids is 2. The number of aliphatic carboxylic acids is 1. The minimum absolute atomic E-state index is 0. The third-order valence-electron chi connectivity index (χ3n) is 2.62. The van der Waals surface area contributed by atoms with Crippen LogP contribution in [0.15, 0.2) is 0 Å². The molecule has 0 aromatic rings. The molecule has 0 atom stereocenters. The van der Waals surface area contributed by atoms with Crippen molar-refractivity contribution in [2.24, 2.45) is 11.8 Å². The standard InChI is InChI=1S/C12H20O5.CH4/c1-7(2)9(13)5-12(17,11(15)16)6-10(14)8(3)4;/h7-8,17H,5-6H2,1-4H3,(H,15,16);1H4. The first-order valence-electron chi connectivity index (χ1n) is 5.61. The highest BCUT2D eigenvalue weighted by molar-refractivity contribution is 5.93. The van der Waals surface area contributed by atoms with Crippen LogP contribution in [0.25, 0.3) is 0 Å². The van der Waals surface area contributed by atoms with Crippen molar-refractivity contribution < 1.29 is 24.6 Å². The Morgan fingerprint density at radius 3 is 1.39 bits per heavy atom. The van der Waals surface area contributed by atoms with E-state index in [1.54, 1.807) is 27.7 Å². The molecule has 0 radical (unpaired) electrons. The van der Waals surface area contributed by atoms with Crippen molar-refractivity contribution in [2.75, 3.05) is 0 Å². The van der Waals surface area contributed by atoms with E-state index in [-0.39, 0.29) is 30.8 Å². The van der Waals surface area contributed by atoms with Gasteiger partial charge in [0.05, 0.1) is 0 Å². The Morgan fingerprint density at radius 2 is 1.22 bits per heavy atom. The van der Waals surface area contributed by atoms with Crippen LogP contribution in [0, 0.1) is 11.8 Å². The molecule has 0 amide bonds. The number of carboxylic acid groups (broad SMARTS) is 1. The molecule has 18 heavy (non-hydrogen) atoms. The van der Waals surface area contributed by atoms with E-state index in [0.29, 0.717) is 0 Å². The van der Waals surface area contributed by atoms with Crippen LogP contribution >= 0.6 is 0 Å². The smallest absolute Gasteiger partial charge is 0.336 e. The van der Waals surface area contributed by atoms with Gasteiger partial charge in [0, 0.05) is 24.7 Å². The van der Waals surface area contributed by atoms with E-state index in [9.17, 15) is 19.5 Å². The fourth-order valence-corrected chi connectivity index (χ4v) is 1.20. The second-order valence-electron chi connectivity index (χ2n) is 4.93. The van der Waals surface area contributed by atoms with E-state index in [1.807, 2.05) is 0 Å². The zero-order valence-electron chi connectivity index (χ0n) is 10.7. The average molecular weight is 260 g/mol. The Balaban J connectivity index is 0. The van der Waals surface area contributed by atoms with Gasteiger partial charge in [0.15, 0.2) is 5.60 Å². The van der Waals surface area contributed by atoms with Crippen LogP contribution in [0.3, 0.4) is 0 Å². The summed E-state index contributed by atoms with van der Waals surface area (Å²) in [6, 6.07) is 0. The van der Waals surface area contributed by atoms with E-state index >= 15 is 0 Å². The van der Waals surface area contributed by atoms with Gasteiger partial charge in [-0.25, -0.2) is 4.79 Å². The van der Waals surface area contributed by atoms with Gasteiger partial charge >= 0.3 is 5.97 Å². The molecule has 0 aromatic heterocycles. The molecule has 0 aromatic carbocycles. The number of carbonyl (C=O) groups is 3. The number of carboxylic acids is 1. The Hall–Kier alpha value is -1.23. The summed E-state index contributed by atoms with van der Waals surface area (Å²) < 4.78 is 0. The van der Waals surface area contributed by atoms with Crippen LogP contribution in [-0.2, 0) is 14.4 Å². The number of ketones is 2. The van der Waals surface area contributed by atoms with Gasteiger partial charge in [-0.05, 0) is 0 Å². The second-order valence-corrected chi connectivity index (χ2v) is 4.93. The summed E-state index contributed by atoms with van der Waals surface area (Å²) >= 11 is 0. The molecular formula is C13H24O5. The Labute approximate surface area is 108 Å². The third kappa shape index (κ3) is 5.40. The Bertz CT molecular complexity index is 295. The molecule has 5 heteroatoms. The van der Waals surface area contributed by atoms with Crippen molar-refractivity contribution in [1.29, 1.82) is 0 Å². The van der Waals surface area contributed by atoms with Crippen LogP contribution in [0.2, 0.25) is 0 Å². The van der Waals surface area contributed by atoms with E-state index in [2.05, 4.69) is 0 Å². The zero-order valence-corrected chi connectivity index (χ0v) is 10.7. The number of hydrogen-bond donors (Lipinski definition) is 2. The maximum Gasteiger partial charge on any atom is 0.336 e. The van der Waals surface area contributed by atoms with E-state index in [0.717, 1.165) is 0 Å². The summed E-state index contributed by atoms with van der Waals surface area (Å²) in [4.78, 5) is 33.9. The predicted molar refractivity (Wildman–Crippen MR) is 68.2 cm³/mol. The van der Waals surface area contributed by atoms with Crippen molar-refractivity contribution in [3.05, 3.63) is 0 Å². The molecule has 0 aliphatic heterocycles. The molecule has 0 rings (SSSR count). The SMILES string of the molecule is C.CC(C)C(=O)CC(O)(CC(=O)C(C)C)C(=O)O. The first-order chi connectivity index (χ1) is 7.60. The lowest BCUT2D eigenvalue weighted by Gasteiger charge is -2.23. The summed E-state index contributed by atoms with van der Waals surface area (Å²) in [6.45, 7) is 6.48. The third-order valence-corrected chi connectivity index (χ3v) is 2.62.